The molecule has 1 amide bonds. The number of carbonyl (C=O) groups excluding carboxylic acids is 1. The van der Waals surface area contributed by atoms with Crippen molar-refractivity contribution in [3.8, 4) is 0 Å². The van der Waals surface area contributed by atoms with Gasteiger partial charge in [-0.3, -0.25) is 9.36 Å². The molecular formula is C5H10NO4P. The minimum Gasteiger partial charge on any atom is -0.366 e. The van der Waals surface area contributed by atoms with Crippen LogP contribution in [0, 0.1) is 0 Å². The summed E-state index contributed by atoms with van der Waals surface area (Å²) in [5.41, 5.74) is 4.53. The normalized spacial score (nSPS) is 8.91. The SMILES string of the molecule is C=CC(N)=O.C=CP(=O)(O)O. The summed E-state index contributed by atoms with van der Waals surface area (Å²) in [6.45, 7) is 5.95. The Hall–Kier alpha value is -0.900. The first kappa shape index (κ1) is 12.7. The van der Waals surface area contributed by atoms with Gasteiger partial charge in [0.15, 0.2) is 0 Å². The predicted octanol–water partition coefficient (Wildman–Crippen LogP) is -0.0347. The molecular weight excluding hydrogens is 169 g/mol. The number of amides is 1. The second kappa shape index (κ2) is 5.85. The molecule has 0 unspecified atom stereocenters. The van der Waals surface area contributed by atoms with Gasteiger partial charge in [-0.15, -0.1) is 0 Å². The maximum absolute atomic E-state index is 9.58. The van der Waals surface area contributed by atoms with E-state index < -0.39 is 13.5 Å². The molecule has 0 rings (SSSR count). The topological polar surface area (TPSA) is 101 Å². The summed E-state index contributed by atoms with van der Waals surface area (Å²) in [5.74, 6) is 0.123. The van der Waals surface area contributed by atoms with Gasteiger partial charge in [0.05, 0.1) is 0 Å². The first-order valence-corrected chi connectivity index (χ1v) is 4.12. The van der Waals surface area contributed by atoms with Crippen molar-refractivity contribution >= 4 is 13.5 Å². The summed E-state index contributed by atoms with van der Waals surface area (Å²) in [4.78, 5) is 25.1. The lowest BCUT2D eigenvalue weighted by Gasteiger charge is -1.87. The van der Waals surface area contributed by atoms with Crippen molar-refractivity contribution < 1.29 is 19.1 Å². The Balaban J connectivity index is 0. The van der Waals surface area contributed by atoms with Crippen LogP contribution in [0.5, 0.6) is 0 Å². The number of carbonyl (C=O) groups is 1. The van der Waals surface area contributed by atoms with E-state index in [0.29, 0.717) is 5.82 Å². The van der Waals surface area contributed by atoms with Gasteiger partial charge >= 0.3 is 7.60 Å². The summed E-state index contributed by atoms with van der Waals surface area (Å²) < 4.78 is 9.58. The van der Waals surface area contributed by atoms with Crippen molar-refractivity contribution in [1.29, 1.82) is 0 Å². The van der Waals surface area contributed by atoms with E-state index in [4.69, 9.17) is 9.79 Å². The van der Waals surface area contributed by atoms with Gasteiger partial charge < -0.3 is 15.5 Å². The molecule has 0 heterocycles. The van der Waals surface area contributed by atoms with E-state index in [-0.39, 0.29) is 0 Å². The van der Waals surface area contributed by atoms with E-state index in [2.05, 4.69) is 18.9 Å². The van der Waals surface area contributed by atoms with Crippen molar-refractivity contribution in [3.05, 3.63) is 25.1 Å². The van der Waals surface area contributed by atoms with Crippen molar-refractivity contribution in [3.63, 3.8) is 0 Å². The fourth-order valence-corrected chi connectivity index (χ4v) is 0. The van der Waals surface area contributed by atoms with Gasteiger partial charge in [0.25, 0.3) is 0 Å². The summed E-state index contributed by atoms with van der Waals surface area (Å²) >= 11 is 0. The summed E-state index contributed by atoms with van der Waals surface area (Å²) in [6.07, 6.45) is 1.06. The van der Waals surface area contributed by atoms with Crippen LogP contribution in [-0.2, 0) is 9.36 Å². The van der Waals surface area contributed by atoms with Crippen molar-refractivity contribution in [2.75, 3.05) is 0 Å². The minimum atomic E-state index is -3.88. The smallest absolute Gasteiger partial charge is 0.348 e. The predicted molar refractivity (Wildman–Crippen MR) is 41.6 cm³/mol. The number of hydrogen-bond acceptors (Lipinski definition) is 2. The molecule has 0 aliphatic heterocycles. The molecule has 0 fully saturated rings. The monoisotopic (exact) mass is 179 g/mol. The lowest BCUT2D eigenvalue weighted by Crippen LogP contribution is -2.04. The summed E-state index contributed by atoms with van der Waals surface area (Å²) in [6, 6.07) is 0. The van der Waals surface area contributed by atoms with Crippen LogP contribution < -0.4 is 5.73 Å². The third-order valence-electron chi connectivity index (χ3n) is 0.439. The largest absolute Gasteiger partial charge is 0.366 e. The Kier molecular flexibility index (Phi) is 6.78. The maximum Gasteiger partial charge on any atom is 0.348 e. The van der Waals surface area contributed by atoms with E-state index in [1.807, 2.05) is 0 Å². The zero-order valence-corrected chi connectivity index (χ0v) is 6.70. The zero-order chi connectivity index (χ0) is 9.49. The van der Waals surface area contributed by atoms with Crippen molar-refractivity contribution in [1.82, 2.24) is 0 Å². The van der Waals surface area contributed by atoms with Gasteiger partial charge in [-0.2, -0.15) is 0 Å². The van der Waals surface area contributed by atoms with Gasteiger partial charge in [0.2, 0.25) is 5.91 Å². The molecule has 0 spiro atoms. The Morgan fingerprint density at radius 3 is 1.64 bits per heavy atom. The minimum absolute atomic E-state index is 0.481. The highest BCUT2D eigenvalue weighted by molar-refractivity contribution is 7.55. The molecule has 0 aromatic carbocycles. The zero-order valence-electron chi connectivity index (χ0n) is 5.80. The van der Waals surface area contributed by atoms with Crippen LogP contribution in [0.3, 0.4) is 0 Å². The molecule has 5 nitrogen and oxygen atoms in total. The fraction of sp³-hybridized carbons (Fsp3) is 0. The Bertz CT molecular complexity index is 195. The highest BCUT2D eigenvalue weighted by atomic mass is 31.2. The molecule has 0 aliphatic rings. The summed E-state index contributed by atoms with van der Waals surface area (Å²) in [5, 5.41) is 0. The first-order valence-electron chi connectivity index (χ1n) is 2.44. The van der Waals surface area contributed by atoms with Crippen LogP contribution in [0.25, 0.3) is 0 Å². The van der Waals surface area contributed by atoms with E-state index in [1.165, 1.54) is 0 Å². The van der Waals surface area contributed by atoms with Crippen LogP contribution in [0.15, 0.2) is 25.1 Å². The molecule has 0 saturated heterocycles. The fourth-order valence-electron chi connectivity index (χ4n) is 0. The highest BCUT2D eigenvalue weighted by Crippen LogP contribution is 2.34. The molecule has 0 saturated carbocycles. The molecule has 0 aromatic rings. The van der Waals surface area contributed by atoms with Crippen LogP contribution in [0.2, 0.25) is 0 Å². The molecule has 0 bridgehead atoms. The van der Waals surface area contributed by atoms with Crippen LogP contribution in [0.4, 0.5) is 0 Å². The van der Waals surface area contributed by atoms with Gasteiger partial charge in [0.1, 0.15) is 0 Å². The van der Waals surface area contributed by atoms with Crippen LogP contribution >= 0.6 is 7.60 Å². The quantitative estimate of drug-likeness (QED) is 0.409. The number of rotatable bonds is 2. The molecule has 6 heteroatoms. The van der Waals surface area contributed by atoms with Crippen LogP contribution in [-0.4, -0.2) is 15.7 Å². The third kappa shape index (κ3) is 27.3. The van der Waals surface area contributed by atoms with Gasteiger partial charge in [-0.25, -0.2) is 0 Å². The van der Waals surface area contributed by atoms with E-state index in [0.717, 1.165) is 6.08 Å². The van der Waals surface area contributed by atoms with E-state index >= 15 is 0 Å². The Labute approximate surface area is 64.4 Å². The lowest BCUT2D eigenvalue weighted by molar-refractivity contribution is -0.113. The highest BCUT2D eigenvalue weighted by Gasteiger charge is 2.00. The van der Waals surface area contributed by atoms with Crippen molar-refractivity contribution in [2.45, 2.75) is 0 Å². The molecule has 0 aliphatic carbocycles. The first-order chi connectivity index (χ1) is 4.83. The molecule has 0 atom stereocenters. The Morgan fingerprint density at radius 2 is 1.64 bits per heavy atom. The standard InChI is InChI=1S/C3H5NO.C2H5O3P/c1-2-3(4)5;1-2-6(3,4)5/h2H,1H2,(H2,4,5);2H,1H2,(H2,3,4,5). The number of nitrogens with two attached hydrogens (primary N) is 1. The lowest BCUT2D eigenvalue weighted by atomic mass is 10.6. The van der Waals surface area contributed by atoms with Crippen molar-refractivity contribution in [2.24, 2.45) is 5.73 Å². The summed E-state index contributed by atoms with van der Waals surface area (Å²) in [7, 11) is -3.88. The van der Waals surface area contributed by atoms with Crippen LogP contribution in [0.1, 0.15) is 0 Å². The third-order valence-corrected chi connectivity index (χ3v) is 0.915. The van der Waals surface area contributed by atoms with E-state index in [9.17, 15) is 9.36 Å². The second-order valence-electron chi connectivity index (χ2n) is 1.38. The van der Waals surface area contributed by atoms with E-state index in [1.54, 1.807) is 0 Å². The van der Waals surface area contributed by atoms with Gasteiger partial charge in [0, 0.05) is 5.82 Å². The molecule has 0 radical (unpaired) electrons. The number of hydrogen-bond donors (Lipinski definition) is 3. The molecule has 4 N–H and O–H groups in total. The average molecular weight is 179 g/mol. The average Bonchev–Trinajstić information content (AvgIpc) is 1.88. The molecule has 0 aromatic heterocycles. The molecule has 11 heavy (non-hydrogen) atoms. The molecule has 64 valence electrons. The second-order valence-corrected chi connectivity index (χ2v) is 2.92. The maximum atomic E-state index is 9.58. The number of primary amides is 1. The van der Waals surface area contributed by atoms with Gasteiger partial charge in [-0.1, -0.05) is 13.2 Å². The van der Waals surface area contributed by atoms with Gasteiger partial charge in [-0.05, 0) is 6.08 Å². The Morgan fingerprint density at radius 1 is 1.45 bits per heavy atom.